The maximum atomic E-state index is 13.3. The second kappa shape index (κ2) is 5.39. The van der Waals surface area contributed by atoms with Crippen LogP contribution in [0.1, 0.15) is 22.5 Å². The van der Waals surface area contributed by atoms with Gasteiger partial charge in [0.2, 0.25) is 5.82 Å². The summed E-state index contributed by atoms with van der Waals surface area (Å²) in [4.78, 5) is 7.77. The molecule has 23 heavy (non-hydrogen) atoms. The Bertz CT molecular complexity index is 919. The van der Waals surface area contributed by atoms with E-state index in [0.717, 1.165) is 10.1 Å². The number of aryl methyl sites for hydroxylation is 1. The van der Waals surface area contributed by atoms with Crippen molar-refractivity contribution < 1.29 is 13.2 Å². The molecule has 0 atom stereocenters. The molecule has 0 amide bonds. The van der Waals surface area contributed by atoms with Crippen LogP contribution in [0.15, 0.2) is 36.5 Å². The maximum Gasteiger partial charge on any atom is 0.449 e. The molecule has 2 aromatic heterocycles. The minimum atomic E-state index is -4.60. The lowest BCUT2D eigenvalue weighted by molar-refractivity contribution is -0.146. The van der Waals surface area contributed by atoms with E-state index in [0.29, 0.717) is 11.1 Å². The molecule has 3 aromatic rings. The van der Waals surface area contributed by atoms with Gasteiger partial charge in [0.05, 0.1) is 18.2 Å². The van der Waals surface area contributed by atoms with E-state index >= 15 is 0 Å². The van der Waals surface area contributed by atoms with E-state index in [1.807, 2.05) is 6.07 Å². The molecule has 0 fully saturated rings. The highest BCUT2D eigenvalue weighted by Crippen LogP contribution is 2.31. The quantitative estimate of drug-likeness (QED) is 0.724. The van der Waals surface area contributed by atoms with Gasteiger partial charge >= 0.3 is 6.18 Å². The van der Waals surface area contributed by atoms with Crippen LogP contribution in [0.5, 0.6) is 0 Å². The van der Waals surface area contributed by atoms with Gasteiger partial charge in [-0.2, -0.15) is 18.4 Å². The molecule has 116 valence electrons. The minimum Gasteiger partial charge on any atom is -0.301 e. The molecule has 3 rings (SSSR count). The average Bonchev–Trinajstić information content (AvgIpc) is 2.86. The molecular weight excluding hydrogens is 305 g/mol. The molecule has 0 radical (unpaired) electrons. The van der Waals surface area contributed by atoms with Crippen molar-refractivity contribution in [3.63, 3.8) is 0 Å². The zero-order valence-electron chi connectivity index (χ0n) is 12.1. The number of imidazole rings is 1. The molecule has 0 bridgehead atoms. The zero-order valence-corrected chi connectivity index (χ0v) is 12.1. The van der Waals surface area contributed by atoms with Crippen molar-refractivity contribution >= 4 is 11.2 Å². The van der Waals surface area contributed by atoms with Gasteiger partial charge < -0.3 is 4.57 Å². The predicted molar refractivity (Wildman–Crippen MR) is 77.5 cm³/mol. The fraction of sp³-hybridized carbons (Fsp3) is 0.188. The van der Waals surface area contributed by atoms with Gasteiger partial charge in [-0.05, 0) is 30.2 Å². The van der Waals surface area contributed by atoms with E-state index in [1.54, 1.807) is 37.3 Å². The van der Waals surface area contributed by atoms with Crippen LogP contribution >= 0.6 is 0 Å². The molecule has 0 unspecified atom stereocenters. The number of hydrogen-bond acceptors (Lipinski definition) is 3. The number of rotatable bonds is 2. The van der Waals surface area contributed by atoms with Gasteiger partial charge in [0.1, 0.15) is 5.52 Å². The smallest absolute Gasteiger partial charge is 0.301 e. The van der Waals surface area contributed by atoms with Crippen LogP contribution in [0, 0.1) is 18.3 Å². The summed E-state index contributed by atoms with van der Waals surface area (Å²) in [5, 5.41) is 9.11. The third-order valence-electron chi connectivity index (χ3n) is 3.44. The molecule has 0 aliphatic rings. The molecule has 0 saturated carbocycles. The number of nitriles is 1. The van der Waals surface area contributed by atoms with Crippen molar-refractivity contribution in [2.24, 2.45) is 0 Å². The van der Waals surface area contributed by atoms with Crippen molar-refractivity contribution in [2.75, 3.05) is 0 Å². The fourth-order valence-corrected chi connectivity index (χ4v) is 2.42. The molecule has 4 nitrogen and oxygen atoms in total. The van der Waals surface area contributed by atoms with Gasteiger partial charge in [-0.25, -0.2) is 9.97 Å². The summed E-state index contributed by atoms with van der Waals surface area (Å²) < 4.78 is 40.9. The van der Waals surface area contributed by atoms with Gasteiger partial charge in [-0.15, -0.1) is 0 Å². The summed E-state index contributed by atoms with van der Waals surface area (Å²) in [6.45, 7) is 1.62. The van der Waals surface area contributed by atoms with E-state index in [9.17, 15) is 13.2 Å². The Balaban J connectivity index is 2.21. The number of halogens is 3. The van der Waals surface area contributed by atoms with Crippen LogP contribution in [0.4, 0.5) is 13.2 Å². The molecule has 1 aromatic carbocycles. The standard InChI is InChI=1S/C16H11F3N4/c1-10-6-13-14(21-8-10)23(15(22-13)16(17,18)19)9-12-5-3-2-4-11(12)7-20/h2-6,8H,9H2,1H3. The Hall–Kier alpha value is -2.88. The summed E-state index contributed by atoms with van der Waals surface area (Å²) in [5.41, 5.74) is 1.88. The normalized spacial score (nSPS) is 11.6. The third kappa shape index (κ3) is 2.75. The summed E-state index contributed by atoms with van der Waals surface area (Å²) in [5.74, 6) is -1.02. The van der Waals surface area contributed by atoms with Gasteiger partial charge in [0, 0.05) is 6.20 Å². The Morgan fingerprint density at radius 2 is 2.00 bits per heavy atom. The summed E-state index contributed by atoms with van der Waals surface area (Å²) in [7, 11) is 0. The fourth-order valence-electron chi connectivity index (χ4n) is 2.42. The lowest BCUT2D eigenvalue weighted by atomic mass is 10.1. The van der Waals surface area contributed by atoms with Crippen molar-refractivity contribution in [2.45, 2.75) is 19.6 Å². The highest BCUT2D eigenvalue weighted by Gasteiger charge is 2.38. The van der Waals surface area contributed by atoms with E-state index in [1.165, 1.54) is 6.20 Å². The molecule has 0 aliphatic heterocycles. The summed E-state index contributed by atoms with van der Waals surface area (Å²) in [6, 6.07) is 10.1. The van der Waals surface area contributed by atoms with Crippen LogP contribution in [0.2, 0.25) is 0 Å². The lowest BCUT2D eigenvalue weighted by Gasteiger charge is -2.11. The first-order chi connectivity index (χ1) is 10.9. The van der Waals surface area contributed by atoms with E-state index in [-0.39, 0.29) is 17.7 Å². The highest BCUT2D eigenvalue weighted by molar-refractivity contribution is 5.72. The number of aromatic nitrogens is 3. The van der Waals surface area contributed by atoms with E-state index < -0.39 is 12.0 Å². The monoisotopic (exact) mass is 316 g/mol. The Morgan fingerprint density at radius 3 is 2.70 bits per heavy atom. The second-order valence-corrected chi connectivity index (χ2v) is 5.14. The molecule has 7 heteroatoms. The highest BCUT2D eigenvalue weighted by atomic mass is 19.4. The van der Waals surface area contributed by atoms with Crippen LogP contribution in [0.3, 0.4) is 0 Å². The SMILES string of the molecule is Cc1cnc2c(c1)nc(C(F)(F)F)n2Cc1ccccc1C#N. The topological polar surface area (TPSA) is 54.5 Å². The van der Waals surface area contributed by atoms with Crippen molar-refractivity contribution in [3.8, 4) is 6.07 Å². The molecule has 0 spiro atoms. The Morgan fingerprint density at radius 1 is 1.26 bits per heavy atom. The third-order valence-corrected chi connectivity index (χ3v) is 3.44. The number of fused-ring (bicyclic) bond motifs is 1. The number of hydrogen-bond donors (Lipinski definition) is 0. The van der Waals surface area contributed by atoms with Crippen LogP contribution in [0.25, 0.3) is 11.2 Å². The summed E-state index contributed by atoms with van der Waals surface area (Å²) >= 11 is 0. The molecule has 0 aliphatic carbocycles. The van der Waals surface area contributed by atoms with Gasteiger partial charge in [-0.1, -0.05) is 18.2 Å². The average molecular weight is 316 g/mol. The zero-order chi connectivity index (χ0) is 16.6. The van der Waals surface area contributed by atoms with Gasteiger partial charge in [0.15, 0.2) is 5.65 Å². The largest absolute Gasteiger partial charge is 0.449 e. The van der Waals surface area contributed by atoms with Gasteiger partial charge in [-0.3, -0.25) is 0 Å². The van der Waals surface area contributed by atoms with Crippen molar-refractivity contribution in [1.29, 1.82) is 5.26 Å². The first-order valence-corrected chi connectivity index (χ1v) is 6.78. The Labute approximate surface area is 129 Å². The van der Waals surface area contributed by atoms with Crippen LogP contribution in [-0.2, 0) is 12.7 Å². The first kappa shape index (κ1) is 15.0. The number of alkyl halides is 3. The first-order valence-electron chi connectivity index (χ1n) is 6.78. The van der Waals surface area contributed by atoms with Crippen molar-refractivity contribution in [3.05, 3.63) is 59.0 Å². The molecule has 0 N–H and O–H groups in total. The number of benzene rings is 1. The second-order valence-electron chi connectivity index (χ2n) is 5.14. The lowest BCUT2D eigenvalue weighted by Crippen LogP contribution is -2.16. The Kier molecular flexibility index (Phi) is 3.52. The predicted octanol–water partition coefficient (Wildman–Crippen LogP) is 3.68. The molecule has 2 heterocycles. The molecule has 0 saturated heterocycles. The maximum absolute atomic E-state index is 13.3. The van der Waals surface area contributed by atoms with Gasteiger partial charge in [0.25, 0.3) is 0 Å². The molecular formula is C16H11F3N4. The summed E-state index contributed by atoms with van der Waals surface area (Å²) in [6.07, 6.45) is -3.10. The number of nitrogens with zero attached hydrogens (tertiary/aromatic N) is 4. The minimum absolute atomic E-state index is 0.120. The number of pyridine rings is 1. The van der Waals surface area contributed by atoms with Crippen LogP contribution < -0.4 is 0 Å². The van der Waals surface area contributed by atoms with E-state index in [2.05, 4.69) is 9.97 Å². The van der Waals surface area contributed by atoms with Crippen molar-refractivity contribution in [1.82, 2.24) is 14.5 Å². The van der Waals surface area contributed by atoms with Crippen LogP contribution in [-0.4, -0.2) is 14.5 Å². The van der Waals surface area contributed by atoms with E-state index in [4.69, 9.17) is 5.26 Å².